The molecule has 3 N–H and O–H groups in total. The minimum Gasteiger partial charge on any atom is -0.480 e. The lowest BCUT2D eigenvalue weighted by molar-refractivity contribution is -0.139. The molecule has 1 amide bonds. The van der Waals surface area contributed by atoms with E-state index in [9.17, 15) is 14.7 Å². The summed E-state index contributed by atoms with van der Waals surface area (Å²) in [4.78, 5) is 24.8. The summed E-state index contributed by atoms with van der Waals surface area (Å²) in [5.41, 5.74) is 5.16. The zero-order valence-electron chi connectivity index (χ0n) is 23.0. The van der Waals surface area contributed by atoms with Crippen molar-refractivity contribution < 1.29 is 19.4 Å². The minimum absolute atomic E-state index is 0.0745. The van der Waals surface area contributed by atoms with E-state index in [1.165, 1.54) is 5.75 Å². The molecule has 0 radical (unpaired) electrons. The first kappa shape index (κ1) is 31.1. The van der Waals surface area contributed by atoms with Crippen molar-refractivity contribution >= 4 is 23.6 Å². The van der Waals surface area contributed by atoms with Crippen molar-refractivity contribution in [3.63, 3.8) is 0 Å². The predicted molar refractivity (Wildman–Crippen MR) is 158 cm³/mol. The Kier molecular flexibility index (Phi) is 13.6. The Morgan fingerprint density at radius 1 is 1.00 bits per heavy atom. The van der Waals surface area contributed by atoms with Gasteiger partial charge in [-0.25, -0.2) is 4.79 Å². The number of aliphatic carboxylic acids is 1. The number of carbonyl (C=O) groups excluding carboxylic acids is 1. The average Bonchev–Trinajstić information content (AvgIpc) is 2.94. The van der Waals surface area contributed by atoms with Crippen LogP contribution in [0.1, 0.15) is 53.4 Å². The molecule has 38 heavy (non-hydrogen) atoms. The van der Waals surface area contributed by atoms with Gasteiger partial charge in [-0.3, -0.25) is 4.79 Å². The van der Waals surface area contributed by atoms with E-state index in [2.05, 4.69) is 23.8 Å². The van der Waals surface area contributed by atoms with Crippen molar-refractivity contribution in [2.75, 3.05) is 25.6 Å². The Hall–Kier alpha value is -3.13. The summed E-state index contributed by atoms with van der Waals surface area (Å²) in [6.45, 7) is 7.01. The fraction of sp³-hybridized carbons (Fsp3) is 0.355. The normalized spacial score (nSPS) is 12.1. The topological polar surface area (TPSA) is 87.7 Å². The third kappa shape index (κ3) is 9.63. The standard InChI is InChI=1S/C28H32N2O4.C3H8S/c1-19-9-7-8-12-23(19)25-17-21(18-34-20(2)22-10-5-4-6-11-22)13-14-24(25)27(31)30-26(28(32)33)15-16-29-3;1-3-4-2/h4-14,17,20,26,29H,15-16,18H2,1-3H3,(H,30,31)(H,32,33);3H2,1-2H3. The van der Waals surface area contributed by atoms with Gasteiger partial charge < -0.3 is 20.5 Å². The SMILES string of the molecule is CCSC.CNCCC(NC(=O)c1ccc(COC(C)c2ccccc2)cc1-c1ccccc1C)C(=O)O. The summed E-state index contributed by atoms with van der Waals surface area (Å²) in [5, 5.41) is 15.1. The number of aryl methyl sites for hydroxylation is 1. The quantitative estimate of drug-likeness (QED) is 0.259. The number of ether oxygens (including phenoxy) is 1. The van der Waals surface area contributed by atoms with Crippen LogP contribution in [0.25, 0.3) is 11.1 Å². The number of carbonyl (C=O) groups is 2. The molecule has 0 aromatic heterocycles. The van der Waals surface area contributed by atoms with Crippen LogP contribution in [0, 0.1) is 6.92 Å². The van der Waals surface area contributed by atoms with Gasteiger partial charge in [-0.1, -0.05) is 67.6 Å². The molecule has 6 nitrogen and oxygen atoms in total. The van der Waals surface area contributed by atoms with Crippen molar-refractivity contribution in [1.29, 1.82) is 0 Å². The molecule has 3 rings (SSSR count). The van der Waals surface area contributed by atoms with Gasteiger partial charge in [-0.2, -0.15) is 11.8 Å². The molecule has 0 fully saturated rings. The van der Waals surface area contributed by atoms with Gasteiger partial charge in [0.1, 0.15) is 6.04 Å². The van der Waals surface area contributed by atoms with Gasteiger partial charge in [-0.15, -0.1) is 0 Å². The zero-order valence-corrected chi connectivity index (χ0v) is 23.8. The Bertz CT molecular complexity index is 1150. The van der Waals surface area contributed by atoms with Crippen LogP contribution in [0.2, 0.25) is 0 Å². The third-order valence-electron chi connectivity index (χ3n) is 6.11. The highest BCUT2D eigenvalue weighted by Gasteiger charge is 2.22. The summed E-state index contributed by atoms with van der Waals surface area (Å²) >= 11 is 1.86. The van der Waals surface area contributed by atoms with Gasteiger partial charge >= 0.3 is 5.97 Å². The van der Waals surface area contributed by atoms with E-state index >= 15 is 0 Å². The largest absolute Gasteiger partial charge is 0.480 e. The van der Waals surface area contributed by atoms with Gasteiger partial charge in [0.15, 0.2) is 0 Å². The molecule has 0 aliphatic heterocycles. The lowest BCUT2D eigenvalue weighted by Crippen LogP contribution is -2.42. The Morgan fingerprint density at radius 2 is 1.66 bits per heavy atom. The molecule has 3 aromatic rings. The molecular weight excluding hydrogens is 496 g/mol. The van der Waals surface area contributed by atoms with Crippen molar-refractivity contribution in [3.05, 3.63) is 95.1 Å². The van der Waals surface area contributed by atoms with E-state index in [1.54, 1.807) is 13.1 Å². The number of carboxylic acids is 1. The van der Waals surface area contributed by atoms with Crippen LogP contribution < -0.4 is 10.6 Å². The Labute approximate surface area is 231 Å². The van der Waals surface area contributed by atoms with Crippen LogP contribution in [0.3, 0.4) is 0 Å². The fourth-order valence-electron chi connectivity index (χ4n) is 3.80. The summed E-state index contributed by atoms with van der Waals surface area (Å²) in [5.74, 6) is -0.229. The summed E-state index contributed by atoms with van der Waals surface area (Å²) in [7, 11) is 1.75. The van der Waals surface area contributed by atoms with Crippen molar-refractivity contribution in [3.8, 4) is 11.1 Å². The van der Waals surface area contributed by atoms with Crippen LogP contribution >= 0.6 is 11.8 Å². The van der Waals surface area contributed by atoms with Crippen molar-refractivity contribution in [2.24, 2.45) is 0 Å². The van der Waals surface area contributed by atoms with Crippen LogP contribution in [-0.4, -0.2) is 48.6 Å². The van der Waals surface area contributed by atoms with Crippen LogP contribution in [-0.2, 0) is 16.1 Å². The van der Waals surface area contributed by atoms with E-state index in [0.29, 0.717) is 25.1 Å². The molecular formula is C31H40N2O4S. The number of hydrogen-bond acceptors (Lipinski definition) is 5. The second-order valence-electron chi connectivity index (χ2n) is 8.89. The molecule has 0 spiro atoms. The molecule has 0 aliphatic rings. The van der Waals surface area contributed by atoms with Gasteiger partial charge in [0.2, 0.25) is 0 Å². The second-order valence-corrected chi connectivity index (χ2v) is 10.0. The highest BCUT2D eigenvalue weighted by Crippen LogP contribution is 2.29. The molecule has 0 saturated heterocycles. The Morgan fingerprint density at radius 3 is 2.26 bits per heavy atom. The number of thioether (sulfide) groups is 1. The van der Waals surface area contributed by atoms with E-state index in [4.69, 9.17) is 4.74 Å². The molecule has 3 aromatic carbocycles. The van der Waals surface area contributed by atoms with Crippen molar-refractivity contribution in [1.82, 2.24) is 10.6 Å². The first-order chi connectivity index (χ1) is 18.3. The van der Waals surface area contributed by atoms with Gasteiger partial charge in [-0.05, 0) is 85.8 Å². The first-order valence-electron chi connectivity index (χ1n) is 12.8. The monoisotopic (exact) mass is 536 g/mol. The lowest BCUT2D eigenvalue weighted by Gasteiger charge is -2.18. The second kappa shape index (κ2) is 16.7. The number of nitrogens with one attached hydrogen (secondary N) is 2. The number of amides is 1. The van der Waals surface area contributed by atoms with Gasteiger partial charge in [0, 0.05) is 5.56 Å². The molecule has 0 aliphatic carbocycles. The van der Waals surface area contributed by atoms with E-state index < -0.39 is 17.9 Å². The summed E-state index contributed by atoms with van der Waals surface area (Å²) in [6.07, 6.45) is 2.31. The zero-order chi connectivity index (χ0) is 27.9. The van der Waals surface area contributed by atoms with Crippen molar-refractivity contribution in [2.45, 2.75) is 45.9 Å². The van der Waals surface area contributed by atoms with E-state index in [1.807, 2.05) is 92.3 Å². The Balaban J connectivity index is 0.00000118. The third-order valence-corrected chi connectivity index (χ3v) is 6.69. The smallest absolute Gasteiger partial charge is 0.326 e. The highest BCUT2D eigenvalue weighted by atomic mass is 32.2. The average molecular weight is 537 g/mol. The summed E-state index contributed by atoms with van der Waals surface area (Å²) < 4.78 is 6.09. The molecule has 0 saturated carbocycles. The van der Waals surface area contributed by atoms with Crippen LogP contribution in [0.5, 0.6) is 0 Å². The van der Waals surface area contributed by atoms with Gasteiger partial charge in [0.05, 0.1) is 12.7 Å². The van der Waals surface area contributed by atoms with E-state index in [-0.39, 0.29) is 6.10 Å². The summed E-state index contributed by atoms with van der Waals surface area (Å²) in [6, 6.07) is 22.4. The maximum atomic E-state index is 13.2. The molecule has 0 bridgehead atoms. The lowest BCUT2D eigenvalue weighted by atomic mass is 9.93. The molecule has 204 valence electrons. The number of benzene rings is 3. The molecule has 7 heteroatoms. The highest BCUT2D eigenvalue weighted by molar-refractivity contribution is 7.98. The van der Waals surface area contributed by atoms with Crippen LogP contribution in [0.15, 0.2) is 72.8 Å². The maximum Gasteiger partial charge on any atom is 0.326 e. The number of rotatable bonds is 12. The van der Waals surface area contributed by atoms with Gasteiger partial charge in [0.25, 0.3) is 5.91 Å². The maximum absolute atomic E-state index is 13.2. The van der Waals surface area contributed by atoms with E-state index in [0.717, 1.165) is 27.8 Å². The molecule has 0 heterocycles. The van der Waals surface area contributed by atoms with Crippen LogP contribution in [0.4, 0.5) is 0 Å². The minimum atomic E-state index is -1.05. The number of hydrogen-bond donors (Lipinski definition) is 3. The number of carboxylic acid groups (broad SMARTS) is 1. The molecule has 2 unspecified atom stereocenters. The first-order valence-corrected chi connectivity index (χ1v) is 14.2. The molecule has 2 atom stereocenters. The fourth-order valence-corrected chi connectivity index (χ4v) is 3.80. The predicted octanol–water partition coefficient (Wildman–Crippen LogP) is 6.10.